The number of methoxy groups -OCH3 is 2. The van der Waals surface area contributed by atoms with Crippen molar-refractivity contribution in [2.75, 3.05) is 37.9 Å². The van der Waals surface area contributed by atoms with E-state index in [1.807, 2.05) is 6.92 Å². The summed E-state index contributed by atoms with van der Waals surface area (Å²) < 4.78 is 37.1. The van der Waals surface area contributed by atoms with Crippen molar-refractivity contribution < 1.29 is 27.5 Å². The Morgan fingerprint density at radius 2 is 1.81 bits per heavy atom. The molecule has 2 rings (SSSR count). The molecule has 0 radical (unpaired) electrons. The molecule has 0 fully saturated rings. The topological polar surface area (TPSA) is 105 Å². The number of amides is 2. The number of benzene rings is 2. The van der Waals surface area contributed by atoms with E-state index in [1.165, 1.54) is 25.2 Å². The van der Waals surface area contributed by atoms with E-state index in [1.54, 1.807) is 43.3 Å². The van der Waals surface area contributed by atoms with Crippen LogP contribution in [0.3, 0.4) is 0 Å². The summed E-state index contributed by atoms with van der Waals surface area (Å²) in [5.74, 6) is -0.280. The Kier molecular flexibility index (Phi) is 10.9. The van der Waals surface area contributed by atoms with Gasteiger partial charge in [0.1, 0.15) is 24.1 Å². The Labute approximate surface area is 218 Å². The van der Waals surface area contributed by atoms with E-state index in [0.717, 1.165) is 23.4 Å². The summed E-state index contributed by atoms with van der Waals surface area (Å²) in [6.45, 7) is 3.56. The monoisotopic (exact) mass is 539 g/mol. The maximum atomic E-state index is 13.6. The van der Waals surface area contributed by atoms with Gasteiger partial charge in [0.25, 0.3) is 0 Å². The third-order valence-electron chi connectivity index (χ3n) is 5.63. The Morgan fingerprint density at radius 3 is 2.39 bits per heavy atom. The van der Waals surface area contributed by atoms with Crippen LogP contribution in [-0.2, 0) is 26.2 Å². The van der Waals surface area contributed by atoms with Crippen LogP contribution in [0.1, 0.15) is 32.3 Å². The van der Waals surface area contributed by atoms with E-state index in [0.29, 0.717) is 22.9 Å². The fourth-order valence-electron chi connectivity index (χ4n) is 3.52. The largest absolute Gasteiger partial charge is 0.497 e. The summed E-state index contributed by atoms with van der Waals surface area (Å²) in [4.78, 5) is 27.8. The lowest BCUT2D eigenvalue weighted by Crippen LogP contribution is -2.51. The molecular formula is C25H34ClN3O6S. The zero-order chi connectivity index (χ0) is 26.9. The number of sulfonamides is 1. The van der Waals surface area contributed by atoms with Crippen LogP contribution >= 0.6 is 11.6 Å². The van der Waals surface area contributed by atoms with Gasteiger partial charge in [0, 0.05) is 24.2 Å². The molecule has 0 aliphatic heterocycles. The van der Waals surface area contributed by atoms with Crippen LogP contribution in [0.4, 0.5) is 5.69 Å². The number of rotatable bonds is 13. The Bertz CT molecular complexity index is 1160. The lowest BCUT2D eigenvalue weighted by Gasteiger charge is -2.32. The summed E-state index contributed by atoms with van der Waals surface area (Å²) in [7, 11) is -1.07. The first-order valence-corrected chi connectivity index (χ1v) is 13.8. The molecule has 0 spiro atoms. The van der Waals surface area contributed by atoms with Crippen molar-refractivity contribution in [1.29, 1.82) is 0 Å². The number of carbonyl (C=O) groups is 2. The van der Waals surface area contributed by atoms with Gasteiger partial charge >= 0.3 is 0 Å². The van der Waals surface area contributed by atoms with Gasteiger partial charge in [0.2, 0.25) is 21.8 Å². The molecule has 9 nitrogen and oxygen atoms in total. The highest BCUT2D eigenvalue weighted by atomic mass is 35.5. The van der Waals surface area contributed by atoms with Crippen molar-refractivity contribution >= 4 is 39.1 Å². The molecule has 2 aromatic rings. The maximum absolute atomic E-state index is 13.6. The summed E-state index contributed by atoms with van der Waals surface area (Å²) in [5.41, 5.74) is 0.774. The van der Waals surface area contributed by atoms with Crippen LogP contribution in [0.5, 0.6) is 11.5 Å². The zero-order valence-electron chi connectivity index (χ0n) is 21.3. The lowest BCUT2D eigenvalue weighted by molar-refractivity contribution is -0.139. The second-order valence-electron chi connectivity index (χ2n) is 8.24. The molecule has 0 bridgehead atoms. The molecule has 0 aromatic heterocycles. The highest BCUT2D eigenvalue weighted by molar-refractivity contribution is 7.92. The predicted octanol–water partition coefficient (Wildman–Crippen LogP) is 3.46. The second kappa shape index (κ2) is 13.4. The van der Waals surface area contributed by atoms with Gasteiger partial charge in [-0.25, -0.2) is 8.42 Å². The van der Waals surface area contributed by atoms with Crippen molar-refractivity contribution in [1.82, 2.24) is 10.2 Å². The molecular weight excluding hydrogens is 506 g/mol. The summed E-state index contributed by atoms with van der Waals surface area (Å²) in [5, 5.41) is 3.27. The normalized spacial score (nSPS) is 11.9. The molecule has 11 heteroatoms. The highest BCUT2D eigenvalue weighted by Crippen LogP contribution is 2.34. The lowest BCUT2D eigenvalue weighted by atomic mass is 10.1. The van der Waals surface area contributed by atoms with E-state index in [4.69, 9.17) is 21.1 Å². The number of carbonyl (C=O) groups excluding carboxylic acids is 2. The minimum absolute atomic E-state index is 0.0215. The summed E-state index contributed by atoms with van der Waals surface area (Å²) in [6, 6.07) is 10.8. The van der Waals surface area contributed by atoms with Crippen molar-refractivity contribution in [2.24, 2.45) is 0 Å². The maximum Gasteiger partial charge on any atom is 0.244 e. The number of hydrogen-bond donors (Lipinski definition) is 1. The average molecular weight is 540 g/mol. The molecule has 2 amide bonds. The van der Waals surface area contributed by atoms with Gasteiger partial charge in [-0.15, -0.1) is 0 Å². The van der Waals surface area contributed by atoms with Crippen molar-refractivity contribution in [3.63, 3.8) is 0 Å². The van der Waals surface area contributed by atoms with E-state index in [9.17, 15) is 18.0 Å². The molecule has 1 N–H and O–H groups in total. The number of halogens is 1. The quantitative estimate of drug-likeness (QED) is 0.391. The second-order valence-corrected chi connectivity index (χ2v) is 10.6. The predicted molar refractivity (Wildman–Crippen MR) is 141 cm³/mol. The fourth-order valence-corrected chi connectivity index (χ4v) is 4.56. The molecule has 0 saturated carbocycles. The molecule has 198 valence electrons. The average Bonchev–Trinajstić information content (AvgIpc) is 2.85. The molecule has 0 saturated heterocycles. The molecule has 1 atom stereocenters. The first-order valence-electron chi connectivity index (χ1n) is 11.5. The van der Waals surface area contributed by atoms with Gasteiger partial charge in [-0.1, -0.05) is 43.1 Å². The van der Waals surface area contributed by atoms with Gasteiger partial charge in [-0.3, -0.25) is 13.9 Å². The van der Waals surface area contributed by atoms with Gasteiger partial charge in [0.05, 0.1) is 26.2 Å². The molecule has 0 heterocycles. The number of anilines is 1. The molecule has 0 aliphatic rings. The zero-order valence-corrected chi connectivity index (χ0v) is 22.9. The molecule has 2 aromatic carbocycles. The standard InChI is InChI=1S/C25H34ClN3O6S/c1-6-7-14-27-25(31)18(2)28(16-19-10-8-9-11-21(19)26)24(30)17-29(36(5,32)33)22-15-20(34-3)12-13-23(22)35-4/h8-13,15,18H,6-7,14,16-17H2,1-5H3,(H,27,31). The number of ether oxygens (including phenoxy) is 2. The molecule has 0 aliphatic carbocycles. The SMILES string of the molecule is CCCCNC(=O)C(C)N(Cc1ccccc1Cl)C(=O)CN(c1cc(OC)ccc1OC)S(C)(=O)=O. The third-order valence-corrected chi connectivity index (χ3v) is 7.12. The Balaban J connectivity index is 2.46. The van der Waals surface area contributed by atoms with Gasteiger partial charge < -0.3 is 19.7 Å². The first-order chi connectivity index (χ1) is 17.0. The highest BCUT2D eigenvalue weighted by Gasteiger charge is 2.31. The third kappa shape index (κ3) is 7.76. The number of nitrogens with one attached hydrogen (secondary N) is 1. The van der Waals surface area contributed by atoms with Crippen LogP contribution in [0, 0.1) is 0 Å². The van der Waals surface area contributed by atoms with E-state index in [2.05, 4.69) is 5.32 Å². The first kappa shape index (κ1) is 29.3. The smallest absolute Gasteiger partial charge is 0.244 e. The minimum Gasteiger partial charge on any atom is -0.497 e. The Morgan fingerprint density at radius 1 is 1.11 bits per heavy atom. The van der Waals surface area contributed by atoms with E-state index < -0.39 is 28.5 Å². The Hall–Kier alpha value is -2.98. The minimum atomic E-state index is -3.92. The van der Waals surface area contributed by atoms with Gasteiger partial charge in [-0.05, 0) is 37.1 Å². The summed E-state index contributed by atoms with van der Waals surface area (Å²) in [6.07, 6.45) is 2.70. The number of nitrogens with zero attached hydrogens (tertiary/aromatic N) is 2. The van der Waals surface area contributed by atoms with Gasteiger partial charge in [0.15, 0.2) is 0 Å². The van der Waals surface area contributed by atoms with Crippen LogP contribution in [-0.4, -0.2) is 64.7 Å². The van der Waals surface area contributed by atoms with Crippen molar-refractivity contribution in [2.45, 2.75) is 39.3 Å². The summed E-state index contributed by atoms with van der Waals surface area (Å²) >= 11 is 6.33. The fraction of sp³-hybridized carbons (Fsp3) is 0.440. The number of hydrogen-bond acceptors (Lipinski definition) is 6. The van der Waals surface area contributed by atoms with Gasteiger partial charge in [-0.2, -0.15) is 0 Å². The van der Waals surface area contributed by atoms with Crippen LogP contribution < -0.4 is 19.1 Å². The molecule has 36 heavy (non-hydrogen) atoms. The van der Waals surface area contributed by atoms with Crippen molar-refractivity contribution in [3.8, 4) is 11.5 Å². The van der Waals surface area contributed by atoms with Crippen LogP contribution in [0.15, 0.2) is 42.5 Å². The van der Waals surface area contributed by atoms with Crippen LogP contribution in [0.25, 0.3) is 0 Å². The number of unbranched alkanes of at least 4 members (excludes halogenated alkanes) is 1. The van der Waals surface area contributed by atoms with E-state index in [-0.39, 0.29) is 23.9 Å². The molecule has 1 unspecified atom stereocenters. The van der Waals surface area contributed by atoms with E-state index >= 15 is 0 Å². The van der Waals surface area contributed by atoms with Crippen LogP contribution in [0.2, 0.25) is 5.02 Å². The van der Waals surface area contributed by atoms with Crippen molar-refractivity contribution in [3.05, 3.63) is 53.1 Å².